The highest BCUT2D eigenvalue weighted by Gasteiger charge is 2.34. The third-order valence-corrected chi connectivity index (χ3v) is 6.18. The summed E-state index contributed by atoms with van der Waals surface area (Å²) in [4.78, 5) is 0.463. The summed E-state index contributed by atoms with van der Waals surface area (Å²) in [6, 6.07) is 15.3. The minimum Gasteiger partial charge on any atom is -0.302 e. The lowest BCUT2D eigenvalue weighted by molar-refractivity contribution is 0.497. The summed E-state index contributed by atoms with van der Waals surface area (Å²) >= 11 is 3.42. The molecule has 0 amide bonds. The molecule has 3 rings (SSSR count). The summed E-state index contributed by atoms with van der Waals surface area (Å²) < 4.78 is 25.4. The van der Waals surface area contributed by atoms with E-state index in [4.69, 9.17) is 0 Å². The van der Waals surface area contributed by atoms with Crippen LogP contribution in [0.15, 0.2) is 57.9 Å². The zero-order chi connectivity index (χ0) is 15.0. The van der Waals surface area contributed by atoms with Gasteiger partial charge in [-0.3, -0.25) is 0 Å². The lowest BCUT2D eigenvalue weighted by Crippen LogP contribution is -2.25. The lowest BCUT2D eigenvalue weighted by Gasteiger charge is -2.20. The minimum absolute atomic E-state index is 0.0875. The third-order valence-electron chi connectivity index (χ3n) is 3.84. The predicted octanol–water partition coefficient (Wildman–Crippen LogP) is 3.63. The van der Waals surface area contributed by atoms with Crippen molar-refractivity contribution in [3.05, 3.63) is 64.1 Å². The summed E-state index contributed by atoms with van der Waals surface area (Å²) in [5.74, 6) is 0.132. The molecule has 110 valence electrons. The first kappa shape index (κ1) is 14.8. The average Bonchev–Trinajstić information content (AvgIpc) is 2.71. The van der Waals surface area contributed by atoms with Gasteiger partial charge in [-0.2, -0.15) is 0 Å². The fourth-order valence-electron chi connectivity index (χ4n) is 2.74. The van der Waals surface area contributed by atoms with Crippen LogP contribution in [0.1, 0.15) is 30.1 Å². The topological polar surface area (TPSA) is 46.2 Å². The summed E-state index contributed by atoms with van der Waals surface area (Å²) in [6.45, 7) is 2.05. The minimum atomic E-state index is -3.16. The lowest BCUT2D eigenvalue weighted by atomic mass is 10.0. The molecule has 1 N–H and O–H groups in total. The molecule has 1 heterocycles. The molecule has 0 radical (unpaired) electrons. The molecule has 2 aromatic rings. The Balaban J connectivity index is 1.85. The van der Waals surface area contributed by atoms with Crippen molar-refractivity contribution < 1.29 is 8.42 Å². The number of nitrogens with one attached hydrogen (secondary N) is 1. The van der Waals surface area contributed by atoms with Crippen molar-refractivity contribution in [2.75, 3.05) is 5.75 Å². The number of rotatable bonds is 3. The van der Waals surface area contributed by atoms with E-state index >= 15 is 0 Å². The highest BCUT2D eigenvalue weighted by atomic mass is 79.9. The molecule has 1 aliphatic heterocycles. The summed E-state index contributed by atoms with van der Waals surface area (Å²) in [6.07, 6.45) is 0. The standard InChI is InChI=1S/C16H16BrNO2S/c1-11(12-6-8-13(17)9-7-12)18-15-10-21(19,20)16-5-3-2-4-14(15)16/h2-9,11,15,18H,10H2,1H3. The van der Waals surface area contributed by atoms with Gasteiger partial charge in [0, 0.05) is 16.6 Å². The van der Waals surface area contributed by atoms with Crippen molar-refractivity contribution in [1.82, 2.24) is 5.32 Å². The fraction of sp³-hybridized carbons (Fsp3) is 0.250. The van der Waals surface area contributed by atoms with Crippen molar-refractivity contribution in [3.8, 4) is 0 Å². The number of halogens is 1. The molecular formula is C16H16BrNO2S. The van der Waals surface area contributed by atoms with Gasteiger partial charge in [-0.1, -0.05) is 46.3 Å². The molecule has 3 nitrogen and oxygen atoms in total. The molecular weight excluding hydrogens is 350 g/mol. The summed E-state index contributed by atoms with van der Waals surface area (Å²) in [5.41, 5.74) is 2.02. The third kappa shape index (κ3) is 2.91. The van der Waals surface area contributed by atoms with E-state index in [-0.39, 0.29) is 17.8 Å². The number of fused-ring (bicyclic) bond motifs is 1. The van der Waals surface area contributed by atoms with Crippen LogP contribution in [0, 0.1) is 0 Å². The second-order valence-corrected chi connectivity index (χ2v) is 8.23. The Bertz CT molecular complexity index is 756. The van der Waals surface area contributed by atoms with E-state index in [9.17, 15) is 8.42 Å². The molecule has 2 aromatic carbocycles. The summed E-state index contributed by atoms with van der Waals surface area (Å²) in [5, 5.41) is 3.43. The van der Waals surface area contributed by atoms with E-state index in [0.29, 0.717) is 4.90 Å². The highest BCUT2D eigenvalue weighted by Crippen LogP contribution is 2.34. The van der Waals surface area contributed by atoms with Gasteiger partial charge in [0.05, 0.1) is 10.6 Å². The van der Waals surface area contributed by atoms with Gasteiger partial charge in [-0.25, -0.2) is 8.42 Å². The van der Waals surface area contributed by atoms with Gasteiger partial charge in [-0.05, 0) is 36.2 Å². The first-order valence-corrected chi connectivity index (χ1v) is 9.25. The Hall–Kier alpha value is -1.17. The molecule has 1 aliphatic rings. The Morgan fingerprint density at radius 2 is 1.81 bits per heavy atom. The van der Waals surface area contributed by atoms with Gasteiger partial charge in [0.1, 0.15) is 0 Å². The maximum atomic E-state index is 12.2. The van der Waals surface area contributed by atoms with E-state index in [0.717, 1.165) is 15.6 Å². The quantitative estimate of drug-likeness (QED) is 0.903. The Labute approximate surface area is 133 Å². The SMILES string of the molecule is CC(NC1CS(=O)(=O)c2ccccc21)c1ccc(Br)cc1. The van der Waals surface area contributed by atoms with E-state index in [2.05, 4.69) is 28.2 Å². The molecule has 0 bridgehead atoms. The molecule has 0 saturated carbocycles. The van der Waals surface area contributed by atoms with Crippen LogP contribution in [0.25, 0.3) is 0 Å². The largest absolute Gasteiger partial charge is 0.302 e. The number of benzene rings is 2. The van der Waals surface area contributed by atoms with Crippen LogP contribution < -0.4 is 5.32 Å². The maximum Gasteiger partial charge on any atom is 0.180 e. The van der Waals surface area contributed by atoms with Gasteiger partial charge < -0.3 is 5.32 Å². The predicted molar refractivity (Wildman–Crippen MR) is 86.9 cm³/mol. The molecule has 5 heteroatoms. The van der Waals surface area contributed by atoms with E-state index in [1.165, 1.54) is 0 Å². The van der Waals surface area contributed by atoms with Crippen LogP contribution in [0.5, 0.6) is 0 Å². The summed E-state index contributed by atoms with van der Waals surface area (Å²) in [7, 11) is -3.16. The van der Waals surface area contributed by atoms with Crippen LogP contribution >= 0.6 is 15.9 Å². The molecule has 0 saturated heterocycles. The Kier molecular flexibility index (Phi) is 3.90. The van der Waals surface area contributed by atoms with Crippen LogP contribution in [-0.2, 0) is 9.84 Å². The molecule has 0 spiro atoms. The van der Waals surface area contributed by atoms with E-state index < -0.39 is 9.84 Å². The molecule has 21 heavy (non-hydrogen) atoms. The number of sulfone groups is 1. The first-order chi connectivity index (χ1) is 9.97. The van der Waals surface area contributed by atoms with Gasteiger partial charge >= 0.3 is 0 Å². The fourth-order valence-corrected chi connectivity index (χ4v) is 4.75. The first-order valence-electron chi connectivity index (χ1n) is 6.80. The molecule has 2 unspecified atom stereocenters. The molecule has 0 aromatic heterocycles. The van der Waals surface area contributed by atoms with Crippen LogP contribution in [-0.4, -0.2) is 14.2 Å². The van der Waals surface area contributed by atoms with Crippen molar-refractivity contribution in [2.45, 2.75) is 23.9 Å². The van der Waals surface area contributed by atoms with Crippen LogP contribution in [0.3, 0.4) is 0 Å². The van der Waals surface area contributed by atoms with Crippen LogP contribution in [0.2, 0.25) is 0 Å². The zero-order valence-corrected chi connectivity index (χ0v) is 14.0. The van der Waals surface area contributed by atoms with E-state index in [1.54, 1.807) is 12.1 Å². The van der Waals surface area contributed by atoms with Crippen molar-refractivity contribution >= 4 is 25.8 Å². The van der Waals surface area contributed by atoms with Crippen LogP contribution in [0.4, 0.5) is 0 Å². The van der Waals surface area contributed by atoms with Crippen molar-refractivity contribution in [3.63, 3.8) is 0 Å². The van der Waals surface area contributed by atoms with Gasteiger partial charge in [0.2, 0.25) is 0 Å². The molecule has 0 aliphatic carbocycles. The van der Waals surface area contributed by atoms with Gasteiger partial charge in [0.15, 0.2) is 9.84 Å². The maximum absolute atomic E-state index is 12.2. The smallest absolute Gasteiger partial charge is 0.180 e. The van der Waals surface area contributed by atoms with Crippen molar-refractivity contribution in [2.24, 2.45) is 0 Å². The van der Waals surface area contributed by atoms with E-state index in [1.807, 2.05) is 36.4 Å². The molecule has 0 fully saturated rings. The Morgan fingerprint density at radius 1 is 1.14 bits per heavy atom. The van der Waals surface area contributed by atoms with Crippen molar-refractivity contribution in [1.29, 1.82) is 0 Å². The average molecular weight is 366 g/mol. The second-order valence-electron chi connectivity index (χ2n) is 5.31. The Morgan fingerprint density at radius 3 is 2.52 bits per heavy atom. The highest BCUT2D eigenvalue weighted by molar-refractivity contribution is 9.10. The van der Waals surface area contributed by atoms with Gasteiger partial charge in [0.25, 0.3) is 0 Å². The second kappa shape index (κ2) is 5.55. The number of hydrogen-bond acceptors (Lipinski definition) is 3. The zero-order valence-electron chi connectivity index (χ0n) is 11.6. The monoisotopic (exact) mass is 365 g/mol. The molecule has 2 atom stereocenters. The van der Waals surface area contributed by atoms with Gasteiger partial charge in [-0.15, -0.1) is 0 Å². The normalized spacial score (nSPS) is 21.0. The number of hydrogen-bond donors (Lipinski definition) is 1.